The number of hydrogen-bond donors (Lipinski definition) is 1. The van der Waals surface area contributed by atoms with E-state index in [1.807, 2.05) is 12.1 Å². The predicted octanol–water partition coefficient (Wildman–Crippen LogP) is 5.23. The van der Waals surface area contributed by atoms with Crippen molar-refractivity contribution in [1.29, 1.82) is 0 Å². The summed E-state index contributed by atoms with van der Waals surface area (Å²) >= 11 is 7.24. The third-order valence-electron chi connectivity index (χ3n) is 3.48. The van der Waals surface area contributed by atoms with Crippen LogP contribution in [0.15, 0.2) is 45.3 Å². The molecule has 0 aliphatic heterocycles. The maximum Gasteiger partial charge on any atom is 0.120 e. The van der Waals surface area contributed by atoms with E-state index in [1.54, 1.807) is 7.11 Å². The molecule has 0 aliphatic rings. The molecule has 4 heteroatoms. The predicted molar refractivity (Wildman–Crippen MR) is 95.1 cm³/mol. The van der Waals surface area contributed by atoms with Crippen LogP contribution in [0, 0.1) is 6.92 Å². The highest BCUT2D eigenvalue weighted by molar-refractivity contribution is 9.10. The van der Waals surface area contributed by atoms with Gasteiger partial charge < -0.3 is 10.1 Å². The van der Waals surface area contributed by atoms with Gasteiger partial charge in [0.05, 0.1) is 13.2 Å². The molecule has 112 valence electrons. The Morgan fingerprint density at radius 3 is 2.48 bits per heavy atom. The highest BCUT2D eigenvalue weighted by Crippen LogP contribution is 2.33. The first-order valence-corrected chi connectivity index (χ1v) is 8.48. The normalized spacial score (nSPS) is 12.2. The standard InChI is InChI=1S/C17H19Br2NO/c1-4-20-17(15-9-12(18)6-5-11(15)2)14-8-7-13(21-3)10-16(14)19/h5-10,17,20H,4H2,1-3H3. The van der Waals surface area contributed by atoms with Gasteiger partial charge in [0.2, 0.25) is 0 Å². The Bertz CT molecular complexity index is 628. The summed E-state index contributed by atoms with van der Waals surface area (Å²) in [7, 11) is 1.68. The first-order chi connectivity index (χ1) is 10.1. The highest BCUT2D eigenvalue weighted by atomic mass is 79.9. The molecule has 0 aliphatic carbocycles. The third-order valence-corrected chi connectivity index (χ3v) is 4.66. The Morgan fingerprint density at radius 1 is 1.10 bits per heavy atom. The monoisotopic (exact) mass is 411 g/mol. The van der Waals surface area contributed by atoms with Gasteiger partial charge in [-0.25, -0.2) is 0 Å². The summed E-state index contributed by atoms with van der Waals surface area (Å²) in [5.41, 5.74) is 3.75. The number of nitrogens with one attached hydrogen (secondary N) is 1. The first-order valence-electron chi connectivity index (χ1n) is 6.89. The van der Waals surface area contributed by atoms with Gasteiger partial charge in [0, 0.05) is 8.95 Å². The number of halogens is 2. The lowest BCUT2D eigenvalue weighted by atomic mass is 9.95. The summed E-state index contributed by atoms with van der Waals surface area (Å²) < 4.78 is 7.42. The lowest BCUT2D eigenvalue weighted by Gasteiger charge is -2.23. The Labute approximate surface area is 143 Å². The zero-order valence-corrected chi connectivity index (χ0v) is 15.6. The minimum absolute atomic E-state index is 0.146. The van der Waals surface area contributed by atoms with Crippen molar-refractivity contribution in [2.75, 3.05) is 13.7 Å². The van der Waals surface area contributed by atoms with Gasteiger partial charge in [-0.05, 0) is 54.4 Å². The number of ether oxygens (including phenoxy) is 1. The quantitative estimate of drug-likeness (QED) is 0.725. The van der Waals surface area contributed by atoms with E-state index < -0.39 is 0 Å². The maximum atomic E-state index is 5.28. The van der Waals surface area contributed by atoms with E-state index in [0.717, 1.165) is 21.2 Å². The van der Waals surface area contributed by atoms with Crippen molar-refractivity contribution >= 4 is 31.9 Å². The van der Waals surface area contributed by atoms with Gasteiger partial charge in [-0.2, -0.15) is 0 Å². The van der Waals surface area contributed by atoms with Gasteiger partial charge in [0.15, 0.2) is 0 Å². The molecule has 0 saturated carbocycles. The minimum Gasteiger partial charge on any atom is -0.497 e. The lowest BCUT2D eigenvalue weighted by molar-refractivity contribution is 0.414. The Balaban J connectivity index is 2.50. The molecule has 1 N–H and O–H groups in total. The van der Waals surface area contributed by atoms with Crippen molar-refractivity contribution < 1.29 is 4.74 Å². The van der Waals surface area contributed by atoms with Crippen LogP contribution >= 0.6 is 31.9 Å². The van der Waals surface area contributed by atoms with Crippen molar-refractivity contribution in [3.05, 3.63) is 62.0 Å². The molecule has 0 radical (unpaired) electrons. The summed E-state index contributed by atoms with van der Waals surface area (Å²) in [6.45, 7) is 5.16. The van der Waals surface area contributed by atoms with Crippen LogP contribution in [0.5, 0.6) is 5.75 Å². The van der Waals surface area contributed by atoms with Gasteiger partial charge in [-0.1, -0.05) is 50.9 Å². The largest absolute Gasteiger partial charge is 0.497 e. The van der Waals surface area contributed by atoms with Crippen molar-refractivity contribution in [1.82, 2.24) is 5.32 Å². The number of benzene rings is 2. The Hall–Kier alpha value is -0.840. The van der Waals surface area contributed by atoms with E-state index in [9.17, 15) is 0 Å². The van der Waals surface area contributed by atoms with Gasteiger partial charge in [0.1, 0.15) is 5.75 Å². The van der Waals surface area contributed by atoms with E-state index >= 15 is 0 Å². The fraction of sp³-hybridized carbons (Fsp3) is 0.294. The average Bonchev–Trinajstić information content (AvgIpc) is 2.48. The van der Waals surface area contributed by atoms with Gasteiger partial charge in [0.25, 0.3) is 0 Å². The molecule has 2 nitrogen and oxygen atoms in total. The van der Waals surface area contributed by atoms with Crippen LogP contribution < -0.4 is 10.1 Å². The molecule has 0 aromatic heterocycles. The Kier molecular flexibility index (Phi) is 5.85. The van der Waals surface area contributed by atoms with Crippen LogP contribution in [-0.4, -0.2) is 13.7 Å². The fourth-order valence-corrected chi connectivity index (χ4v) is 3.35. The second kappa shape index (κ2) is 7.43. The maximum absolute atomic E-state index is 5.28. The van der Waals surface area contributed by atoms with Crippen molar-refractivity contribution in [3.63, 3.8) is 0 Å². The van der Waals surface area contributed by atoms with E-state index in [4.69, 9.17) is 4.74 Å². The van der Waals surface area contributed by atoms with Crippen LogP contribution in [0.4, 0.5) is 0 Å². The molecule has 2 aromatic carbocycles. The first kappa shape index (κ1) is 16.5. The van der Waals surface area contributed by atoms with Gasteiger partial charge in [-0.15, -0.1) is 0 Å². The van der Waals surface area contributed by atoms with Crippen molar-refractivity contribution in [3.8, 4) is 5.75 Å². The van der Waals surface area contributed by atoms with Gasteiger partial charge >= 0.3 is 0 Å². The molecule has 0 bridgehead atoms. The zero-order valence-electron chi connectivity index (χ0n) is 12.4. The average molecular weight is 413 g/mol. The van der Waals surface area contributed by atoms with Crippen molar-refractivity contribution in [2.45, 2.75) is 19.9 Å². The molecular formula is C17H19Br2NO. The third kappa shape index (κ3) is 3.87. The van der Waals surface area contributed by atoms with E-state index in [0.29, 0.717) is 0 Å². The minimum atomic E-state index is 0.146. The van der Waals surface area contributed by atoms with E-state index in [1.165, 1.54) is 16.7 Å². The van der Waals surface area contributed by atoms with Crippen LogP contribution in [0.1, 0.15) is 29.7 Å². The molecule has 1 atom stereocenters. The lowest BCUT2D eigenvalue weighted by Crippen LogP contribution is -2.23. The molecule has 2 aromatic rings. The highest BCUT2D eigenvalue weighted by Gasteiger charge is 2.18. The topological polar surface area (TPSA) is 21.3 Å². The van der Waals surface area contributed by atoms with Crippen LogP contribution in [0.2, 0.25) is 0 Å². The second-order valence-corrected chi connectivity index (χ2v) is 6.65. The van der Waals surface area contributed by atoms with Crippen LogP contribution in [0.25, 0.3) is 0 Å². The summed E-state index contributed by atoms with van der Waals surface area (Å²) in [5.74, 6) is 0.854. The SMILES string of the molecule is CCNC(c1cc(Br)ccc1C)c1ccc(OC)cc1Br. The number of aryl methyl sites for hydroxylation is 1. The van der Waals surface area contributed by atoms with Crippen molar-refractivity contribution in [2.24, 2.45) is 0 Å². The number of rotatable bonds is 5. The molecular weight excluding hydrogens is 394 g/mol. The summed E-state index contributed by atoms with van der Waals surface area (Å²) in [4.78, 5) is 0. The molecule has 0 heterocycles. The molecule has 0 saturated heterocycles. The van der Waals surface area contributed by atoms with Crippen LogP contribution in [0.3, 0.4) is 0 Å². The fourth-order valence-electron chi connectivity index (χ4n) is 2.38. The second-order valence-electron chi connectivity index (χ2n) is 4.88. The van der Waals surface area contributed by atoms with E-state index in [2.05, 4.69) is 75.3 Å². The molecule has 0 amide bonds. The Morgan fingerprint density at radius 2 is 1.86 bits per heavy atom. The number of methoxy groups -OCH3 is 1. The van der Waals surface area contributed by atoms with E-state index in [-0.39, 0.29) is 6.04 Å². The van der Waals surface area contributed by atoms with Crippen LogP contribution in [-0.2, 0) is 0 Å². The summed E-state index contributed by atoms with van der Waals surface area (Å²) in [6, 6.07) is 12.7. The summed E-state index contributed by atoms with van der Waals surface area (Å²) in [6.07, 6.45) is 0. The molecule has 0 spiro atoms. The van der Waals surface area contributed by atoms with Gasteiger partial charge in [-0.3, -0.25) is 0 Å². The molecule has 0 fully saturated rings. The summed E-state index contributed by atoms with van der Waals surface area (Å²) in [5, 5.41) is 3.57. The smallest absolute Gasteiger partial charge is 0.120 e. The zero-order chi connectivity index (χ0) is 15.4. The molecule has 2 rings (SSSR count). The molecule has 21 heavy (non-hydrogen) atoms. The number of hydrogen-bond acceptors (Lipinski definition) is 2. The molecule has 1 unspecified atom stereocenters.